The molecule has 0 saturated carbocycles. The minimum Gasteiger partial charge on any atom is -0.396 e. The van der Waals surface area contributed by atoms with Crippen LogP contribution in [0.15, 0.2) is 24.3 Å². The zero-order valence-electron chi connectivity index (χ0n) is 10.3. The predicted molar refractivity (Wildman–Crippen MR) is 66.6 cm³/mol. The molecule has 4 nitrogen and oxygen atoms in total. The van der Waals surface area contributed by atoms with Crippen molar-refractivity contribution >= 4 is 0 Å². The van der Waals surface area contributed by atoms with Crippen molar-refractivity contribution in [1.29, 1.82) is 0 Å². The average molecular weight is 257 g/mol. The summed E-state index contributed by atoms with van der Waals surface area (Å²) in [6, 6.07) is 6.40. The molecule has 1 atom stereocenters. The summed E-state index contributed by atoms with van der Waals surface area (Å²) in [5, 5.41) is 21.1. The van der Waals surface area contributed by atoms with Gasteiger partial charge in [0.25, 0.3) is 0 Å². The second-order valence-corrected chi connectivity index (χ2v) is 4.04. The van der Waals surface area contributed by atoms with Crippen LogP contribution in [-0.4, -0.2) is 42.6 Å². The maximum Gasteiger partial charge on any atom is 0.128 e. The molecular weight excluding hydrogens is 237 g/mol. The first-order chi connectivity index (χ1) is 8.74. The highest BCUT2D eigenvalue weighted by molar-refractivity contribution is 5.16. The predicted octanol–water partition coefficient (Wildman–Crippen LogP) is 0.675. The molecule has 0 aliphatic heterocycles. The number of benzene rings is 1. The minimum absolute atomic E-state index is 0.132. The van der Waals surface area contributed by atoms with Gasteiger partial charge in [0.15, 0.2) is 0 Å². The lowest BCUT2D eigenvalue weighted by Crippen LogP contribution is -2.31. The summed E-state index contributed by atoms with van der Waals surface area (Å²) in [6.45, 7) is 1.49. The van der Waals surface area contributed by atoms with Crippen molar-refractivity contribution < 1.29 is 19.3 Å². The van der Waals surface area contributed by atoms with E-state index in [-0.39, 0.29) is 25.6 Å². The van der Waals surface area contributed by atoms with E-state index in [2.05, 4.69) is 5.32 Å². The van der Waals surface area contributed by atoms with E-state index in [0.717, 1.165) is 0 Å². The quantitative estimate of drug-likeness (QED) is 0.569. The van der Waals surface area contributed by atoms with Gasteiger partial charge < -0.3 is 20.3 Å². The van der Waals surface area contributed by atoms with Crippen LogP contribution in [0.4, 0.5) is 4.39 Å². The van der Waals surface area contributed by atoms with Crippen LogP contribution in [0.5, 0.6) is 0 Å². The van der Waals surface area contributed by atoms with Crippen molar-refractivity contribution in [3.8, 4) is 0 Å². The first-order valence-electron chi connectivity index (χ1n) is 6.05. The number of nitrogens with one attached hydrogen (secondary N) is 1. The van der Waals surface area contributed by atoms with Gasteiger partial charge in [0.1, 0.15) is 5.82 Å². The fourth-order valence-electron chi connectivity index (χ4n) is 1.45. The van der Waals surface area contributed by atoms with E-state index in [1.807, 2.05) is 0 Å². The Kier molecular flexibility index (Phi) is 7.52. The summed E-state index contributed by atoms with van der Waals surface area (Å²) >= 11 is 0. The molecule has 0 fully saturated rings. The van der Waals surface area contributed by atoms with E-state index in [9.17, 15) is 9.50 Å². The molecule has 0 radical (unpaired) electrons. The van der Waals surface area contributed by atoms with Crippen LogP contribution in [-0.2, 0) is 11.3 Å². The highest BCUT2D eigenvalue weighted by atomic mass is 19.1. The number of hydrogen-bond acceptors (Lipinski definition) is 4. The molecule has 0 amide bonds. The highest BCUT2D eigenvalue weighted by Gasteiger charge is 2.05. The van der Waals surface area contributed by atoms with Gasteiger partial charge in [-0.15, -0.1) is 0 Å². The molecule has 3 N–H and O–H groups in total. The molecule has 0 aromatic heterocycles. The van der Waals surface area contributed by atoms with Crippen molar-refractivity contribution in [1.82, 2.24) is 5.32 Å². The van der Waals surface area contributed by atoms with Gasteiger partial charge in [-0.3, -0.25) is 0 Å². The second kappa shape index (κ2) is 8.99. The largest absolute Gasteiger partial charge is 0.396 e. The van der Waals surface area contributed by atoms with Crippen molar-refractivity contribution in [2.75, 3.05) is 26.3 Å². The van der Waals surface area contributed by atoms with Crippen LogP contribution < -0.4 is 5.32 Å². The fourth-order valence-corrected chi connectivity index (χ4v) is 1.45. The van der Waals surface area contributed by atoms with Crippen molar-refractivity contribution in [2.45, 2.75) is 19.1 Å². The Morgan fingerprint density at radius 2 is 2.11 bits per heavy atom. The van der Waals surface area contributed by atoms with Gasteiger partial charge in [0, 0.05) is 18.7 Å². The van der Waals surface area contributed by atoms with Gasteiger partial charge in [-0.1, -0.05) is 18.2 Å². The zero-order valence-corrected chi connectivity index (χ0v) is 10.3. The molecule has 1 rings (SSSR count). The molecule has 0 saturated heterocycles. The van der Waals surface area contributed by atoms with Crippen LogP contribution in [0.25, 0.3) is 0 Å². The molecule has 0 heterocycles. The molecule has 0 aliphatic carbocycles. The molecule has 1 unspecified atom stereocenters. The molecule has 1 aromatic rings. The van der Waals surface area contributed by atoms with E-state index in [1.54, 1.807) is 18.2 Å². The third-order valence-corrected chi connectivity index (χ3v) is 2.42. The van der Waals surface area contributed by atoms with E-state index >= 15 is 0 Å². The van der Waals surface area contributed by atoms with Gasteiger partial charge in [-0.25, -0.2) is 4.39 Å². The normalized spacial score (nSPS) is 12.6. The van der Waals surface area contributed by atoms with Gasteiger partial charge >= 0.3 is 0 Å². The maximum atomic E-state index is 13.2. The number of aliphatic hydroxyl groups excluding tert-OH is 2. The molecule has 0 spiro atoms. The lowest BCUT2D eigenvalue weighted by molar-refractivity contribution is 0.0278. The Morgan fingerprint density at radius 1 is 1.33 bits per heavy atom. The SMILES string of the molecule is OCCCNCC(O)COCc1ccccc1F. The Hall–Kier alpha value is -1.01. The number of halogens is 1. The summed E-state index contributed by atoms with van der Waals surface area (Å²) in [4.78, 5) is 0. The number of ether oxygens (including phenoxy) is 1. The highest BCUT2D eigenvalue weighted by Crippen LogP contribution is 2.07. The van der Waals surface area contributed by atoms with Crippen molar-refractivity contribution in [3.63, 3.8) is 0 Å². The third kappa shape index (κ3) is 6.07. The maximum absolute atomic E-state index is 13.2. The van der Waals surface area contributed by atoms with Crippen molar-refractivity contribution in [3.05, 3.63) is 35.6 Å². The van der Waals surface area contributed by atoms with E-state index in [0.29, 0.717) is 25.1 Å². The monoisotopic (exact) mass is 257 g/mol. The molecule has 1 aromatic carbocycles. The Bertz CT molecular complexity index is 336. The standard InChI is InChI=1S/C13H20FNO3/c14-13-5-2-1-4-11(13)9-18-10-12(17)8-15-6-3-7-16/h1-2,4-5,12,15-17H,3,6-10H2. The molecular formula is C13H20FNO3. The summed E-state index contributed by atoms with van der Waals surface area (Å²) < 4.78 is 18.5. The van der Waals surface area contributed by atoms with Crippen LogP contribution in [0.1, 0.15) is 12.0 Å². The van der Waals surface area contributed by atoms with Gasteiger partial charge in [-0.05, 0) is 19.0 Å². The topological polar surface area (TPSA) is 61.7 Å². The zero-order chi connectivity index (χ0) is 13.2. The molecule has 18 heavy (non-hydrogen) atoms. The smallest absolute Gasteiger partial charge is 0.128 e. The molecule has 0 aliphatic rings. The van der Waals surface area contributed by atoms with Crippen LogP contribution in [0.3, 0.4) is 0 Å². The minimum atomic E-state index is -0.629. The molecule has 5 heteroatoms. The lowest BCUT2D eigenvalue weighted by Gasteiger charge is -2.12. The van der Waals surface area contributed by atoms with E-state index < -0.39 is 6.10 Å². The number of rotatable bonds is 9. The van der Waals surface area contributed by atoms with Gasteiger partial charge in [0.05, 0.1) is 19.3 Å². The van der Waals surface area contributed by atoms with Crippen molar-refractivity contribution in [2.24, 2.45) is 0 Å². The summed E-state index contributed by atoms with van der Waals surface area (Å²) in [7, 11) is 0. The van der Waals surface area contributed by atoms with Crippen LogP contribution in [0.2, 0.25) is 0 Å². The molecule has 102 valence electrons. The van der Waals surface area contributed by atoms with Gasteiger partial charge in [0.2, 0.25) is 0 Å². The summed E-state index contributed by atoms with van der Waals surface area (Å²) in [5.41, 5.74) is 0.484. The summed E-state index contributed by atoms with van der Waals surface area (Å²) in [5.74, 6) is -0.298. The number of hydrogen-bond donors (Lipinski definition) is 3. The second-order valence-electron chi connectivity index (χ2n) is 4.04. The average Bonchev–Trinajstić information content (AvgIpc) is 2.37. The first-order valence-corrected chi connectivity index (χ1v) is 6.05. The van der Waals surface area contributed by atoms with Gasteiger partial charge in [-0.2, -0.15) is 0 Å². The lowest BCUT2D eigenvalue weighted by atomic mass is 10.2. The fraction of sp³-hybridized carbons (Fsp3) is 0.538. The van der Waals surface area contributed by atoms with Crippen LogP contribution >= 0.6 is 0 Å². The van der Waals surface area contributed by atoms with E-state index in [1.165, 1.54) is 6.07 Å². The third-order valence-electron chi connectivity index (χ3n) is 2.42. The Balaban J connectivity index is 2.12. The first kappa shape index (κ1) is 15.0. The molecule has 0 bridgehead atoms. The Morgan fingerprint density at radius 3 is 2.83 bits per heavy atom. The summed E-state index contributed by atoms with van der Waals surface area (Å²) in [6.07, 6.45) is 0.0264. The Labute approximate surface area is 106 Å². The van der Waals surface area contributed by atoms with Crippen LogP contribution in [0, 0.1) is 5.82 Å². The number of aliphatic hydroxyl groups is 2. The van der Waals surface area contributed by atoms with E-state index in [4.69, 9.17) is 9.84 Å².